The quantitative estimate of drug-likeness (QED) is 0.881. The molecule has 0 spiro atoms. The number of nitrogens with one attached hydrogen (secondary N) is 1. The maximum Gasteiger partial charge on any atom is 0.265 e. The Kier molecular flexibility index (Phi) is 5.33. The number of fused-ring (bicyclic) bond motifs is 1. The molecule has 0 bridgehead atoms. The Labute approximate surface area is 147 Å². The first-order valence-corrected chi connectivity index (χ1v) is 8.49. The Morgan fingerprint density at radius 3 is 2.68 bits per heavy atom. The molecular formula is C20H22N2O3. The number of amides is 2. The van der Waals surface area contributed by atoms with E-state index >= 15 is 0 Å². The van der Waals surface area contributed by atoms with Crippen LogP contribution in [-0.4, -0.2) is 31.5 Å². The van der Waals surface area contributed by atoms with Gasteiger partial charge in [0.2, 0.25) is 5.91 Å². The van der Waals surface area contributed by atoms with E-state index in [4.69, 9.17) is 4.74 Å². The van der Waals surface area contributed by atoms with E-state index in [2.05, 4.69) is 24.4 Å². The van der Waals surface area contributed by atoms with Crippen LogP contribution >= 0.6 is 0 Å². The molecule has 0 aliphatic carbocycles. The predicted octanol–water partition coefficient (Wildman–Crippen LogP) is 2.72. The van der Waals surface area contributed by atoms with Crippen molar-refractivity contribution in [3.05, 3.63) is 60.2 Å². The lowest BCUT2D eigenvalue weighted by Crippen LogP contribution is -2.41. The molecule has 0 saturated heterocycles. The highest BCUT2D eigenvalue weighted by Gasteiger charge is 2.25. The van der Waals surface area contributed by atoms with Gasteiger partial charge in [0, 0.05) is 19.5 Å². The number of rotatable bonds is 6. The number of ether oxygens (including phenoxy) is 1. The number of carbonyl (C=O) groups is 2. The normalized spacial score (nSPS) is 14.4. The van der Waals surface area contributed by atoms with E-state index in [1.807, 2.05) is 42.5 Å². The molecule has 0 fully saturated rings. The standard InChI is InChI=1S/C20H22N2O3/c1-15(16-7-3-2-4-8-16)13-21-19(23)11-12-22-17-9-5-6-10-18(17)25-14-20(22)24/h2-10,15H,11-14H2,1H3,(H,21,23)/t15-/m0/s1. The van der Waals surface area contributed by atoms with Gasteiger partial charge in [-0.2, -0.15) is 0 Å². The summed E-state index contributed by atoms with van der Waals surface area (Å²) in [6.45, 7) is 3.03. The van der Waals surface area contributed by atoms with Gasteiger partial charge < -0.3 is 15.0 Å². The molecule has 130 valence electrons. The van der Waals surface area contributed by atoms with Gasteiger partial charge in [-0.25, -0.2) is 0 Å². The van der Waals surface area contributed by atoms with Crippen LogP contribution in [0.2, 0.25) is 0 Å². The topological polar surface area (TPSA) is 58.6 Å². The van der Waals surface area contributed by atoms with Gasteiger partial charge in [-0.05, 0) is 23.6 Å². The summed E-state index contributed by atoms with van der Waals surface area (Å²) in [5.41, 5.74) is 1.92. The number of hydrogen-bond acceptors (Lipinski definition) is 3. The van der Waals surface area contributed by atoms with Crippen LogP contribution in [0.15, 0.2) is 54.6 Å². The van der Waals surface area contributed by atoms with Gasteiger partial charge in [-0.15, -0.1) is 0 Å². The lowest BCUT2D eigenvalue weighted by Gasteiger charge is -2.29. The molecule has 0 radical (unpaired) electrons. The average molecular weight is 338 g/mol. The zero-order chi connectivity index (χ0) is 17.6. The van der Waals surface area contributed by atoms with Gasteiger partial charge in [-0.3, -0.25) is 9.59 Å². The van der Waals surface area contributed by atoms with Crippen LogP contribution in [0.1, 0.15) is 24.8 Å². The third kappa shape index (κ3) is 4.18. The highest BCUT2D eigenvalue weighted by molar-refractivity contribution is 5.98. The van der Waals surface area contributed by atoms with Crippen molar-refractivity contribution in [2.45, 2.75) is 19.3 Å². The first-order valence-electron chi connectivity index (χ1n) is 8.49. The van der Waals surface area contributed by atoms with Crippen LogP contribution in [0.4, 0.5) is 5.69 Å². The van der Waals surface area contributed by atoms with Crippen LogP contribution in [0.3, 0.4) is 0 Å². The van der Waals surface area contributed by atoms with Crippen molar-refractivity contribution in [2.75, 3.05) is 24.6 Å². The fourth-order valence-electron chi connectivity index (χ4n) is 2.87. The fraction of sp³-hybridized carbons (Fsp3) is 0.300. The zero-order valence-corrected chi connectivity index (χ0v) is 14.3. The van der Waals surface area contributed by atoms with Crippen molar-refractivity contribution in [1.82, 2.24) is 5.32 Å². The van der Waals surface area contributed by atoms with Crippen molar-refractivity contribution in [2.24, 2.45) is 0 Å². The summed E-state index contributed by atoms with van der Waals surface area (Å²) < 4.78 is 5.41. The Morgan fingerprint density at radius 1 is 1.16 bits per heavy atom. The molecule has 1 atom stereocenters. The van der Waals surface area contributed by atoms with Gasteiger partial charge in [0.25, 0.3) is 5.91 Å². The Hall–Kier alpha value is -2.82. The summed E-state index contributed by atoms with van der Waals surface area (Å²) in [5.74, 6) is 0.750. The van der Waals surface area contributed by atoms with E-state index in [1.54, 1.807) is 4.90 Å². The van der Waals surface area contributed by atoms with E-state index in [0.717, 1.165) is 5.69 Å². The van der Waals surface area contributed by atoms with Gasteiger partial charge in [0.1, 0.15) is 5.75 Å². The summed E-state index contributed by atoms with van der Waals surface area (Å²) in [4.78, 5) is 25.9. The Morgan fingerprint density at radius 2 is 1.88 bits per heavy atom. The highest BCUT2D eigenvalue weighted by Crippen LogP contribution is 2.31. The Bertz CT molecular complexity index is 746. The van der Waals surface area contributed by atoms with E-state index in [-0.39, 0.29) is 30.8 Å². The molecular weight excluding hydrogens is 316 g/mol. The van der Waals surface area contributed by atoms with Crippen LogP contribution in [0.5, 0.6) is 5.75 Å². The zero-order valence-electron chi connectivity index (χ0n) is 14.3. The van der Waals surface area contributed by atoms with Crippen LogP contribution in [0, 0.1) is 0 Å². The van der Waals surface area contributed by atoms with Crippen molar-refractivity contribution in [3.63, 3.8) is 0 Å². The molecule has 5 nitrogen and oxygen atoms in total. The third-order valence-corrected chi connectivity index (χ3v) is 4.34. The molecule has 1 aliphatic rings. The molecule has 2 amide bonds. The van der Waals surface area contributed by atoms with Gasteiger partial charge >= 0.3 is 0 Å². The first-order chi connectivity index (χ1) is 12.1. The van der Waals surface area contributed by atoms with Crippen LogP contribution < -0.4 is 15.0 Å². The summed E-state index contributed by atoms with van der Waals surface area (Å²) in [6, 6.07) is 17.5. The van der Waals surface area contributed by atoms with E-state index in [0.29, 0.717) is 18.8 Å². The molecule has 25 heavy (non-hydrogen) atoms. The monoisotopic (exact) mass is 338 g/mol. The minimum atomic E-state index is -0.121. The van der Waals surface area contributed by atoms with E-state index in [9.17, 15) is 9.59 Å². The number of para-hydroxylation sites is 2. The maximum atomic E-state index is 12.2. The maximum absolute atomic E-state index is 12.2. The van der Waals surface area contributed by atoms with Gasteiger partial charge in [-0.1, -0.05) is 49.4 Å². The molecule has 2 aromatic rings. The fourth-order valence-corrected chi connectivity index (χ4v) is 2.87. The molecule has 5 heteroatoms. The summed E-state index contributed by atoms with van der Waals surface area (Å²) in [7, 11) is 0. The van der Waals surface area contributed by atoms with Crippen molar-refractivity contribution in [3.8, 4) is 5.75 Å². The molecule has 1 aliphatic heterocycles. The number of nitrogens with zero attached hydrogens (tertiary/aromatic N) is 1. The van der Waals surface area contributed by atoms with Gasteiger partial charge in [0.15, 0.2) is 6.61 Å². The average Bonchev–Trinajstić information content (AvgIpc) is 2.66. The summed E-state index contributed by atoms with van der Waals surface area (Å²) in [5, 5.41) is 2.95. The number of anilines is 1. The van der Waals surface area contributed by atoms with Crippen LogP contribution in [0.25, 0.3) is 0 Å². The minimum Gasteiger partial charge on any atom is -0.482 e. The van der Waals surface area contributed by atoms with Gasteiger partial charge in [0.05, 0.1) is 5.69 Å². The third-order valence-electron chi connectivity index (χ3n) is 4.34. The smallest absolute Gasteiger partial charge is 0.265 e. The van der Waals surface area contributed by atoms with Crippen LogP contribution in [-0.2, 0) is 9.59 Å². The van der Waals surface area contributed by atoms with Crippen molar-refractivity contribution in [1.29, 1.82) is 0 Å². The number of hydrogen-bond donors (Lipinski definition) is 1. The van der Waals surface area contributed by atoms with E-state index in [1.165, 1.54) is 5.56 Å². The SMILES string of the molecule is C[C@@H](CNC(=O)CCN1C(=O)COc2ccccc21)c1ccccc1. The van der Waals surface area contributed by atoms with Crippen molar-refractivity contribution < 1.29 is 14.3 Å². The summed E-state index contributed by atoms with van der Waals surface area (Å²) >= 11 is 0. The second kappa shape index (κ2) is 7.83. The second-order valence-electron chi connectivity index (χ2n) is 6.17. The predicted molar refractivity (Wildman–Crippen MR) is 96.8 cm³/mol. The molecule has 0 saturated carbocycles. The largest absolute Gasteiger partial charge is 0.482 e. The first kappa shape index (κ1) is 17.0. The molecule has 1 heterocycles. The Balaban J connectivity index is 1.52. The molecule has 2 aromatic carbocycles. The second-order valence-corrected chi connectivity index (χ2v) is 6.17. The number of benzene rings is 2. The summed E-state index contributed by atoms with van der Waals surface area (Å²) in [6.07, 6.45) is 0.265. The molecule has 0 aromatic heterocycles. The molecule has 3 rings (SSSR count). The minimum absolute atomic E-state index is 0.0175. The molecule has 0 unspecified atom stereocenters. The lowest BCUT2D eigenvalue weighted by atomic mass is 10.0. The van der Waals surface area contributed by atoms with Crippen molar-refractivity contribution >= 4 is 17.5 Å². The lowest BCUT2D eigenvalue weighted by molar-refractivity contribution is -0.122. The highest BCUT2D eigenvalue weighted by atomic mass is 16.5. The number of carbonyl (C=O) groups excluding carboxylic acids is 2. The molecule has 1 N–H and O–H groups in total. The van der Waals surface area contributed by atoms with E-state index < -0.39 is 0 Å².